The van der Waals surface area contributed by atoms with Crippen molar-refractivity contribution < 1.29 is 9.84 Å². The normalized spacial score (nSPS) is 16.7. The summed E-state index contributed by atoms with van der Waals surface area (Å²) >= 11 is 0. The zero-order valence-corrected chi connectivity index (χ0v) is 10.1. The molecule has 90 valence electrons. The Bertz CT molecular complexity index is 663. The molecule has 0 amide bonds. The van der Waals surface area contributed by atoms with Gasteiger partial charge in [0.25, 0.3) is 0 Å². The highest BCUT2D eigenvalue weighted by molar-refractivity contribution is 5.87. The Labute approximate surface area is 105 Å². The molecule has 1 saturated heterocycles. The Kier molecular flexibility index (Phi) is 2.46. The van der Waals surface area contributed by atoms with E-state index in [1.165, 1.54) is 0 Å². The molecular weight excluding hydrogens is 226 g/mol. The van der Waals surface area contributed by atoms with Crippen LogP contribution in [-0.4, -0.2) is 23.3 Å². The number of hydrogen-bond donors (Lipinski definition) is 1. The SMILES string of the molecule is CC1(C#Cc2ccc3c(O)nccc3c2)COC1. The molecule has 2 aromatic rings. The van der Waals surface area contributed by atoms with Crippen molar-refractivity contribution in [3.05, 3.63) is 36.0 Å². The van der Waals surface area contributed by atoms with Crippen LogP contribution in [0.15, 0.2) is 30.5 Å². The third-order valence-corrected chi connectivity index (χ3v) is 3.09. The Morgan fingerprint density at radius 1 is 1.33 bits per heavy atom. The summed E-state index contributed by atoms with van der Waals surface area (Å²) in [5, 5.41) is 11.3. The maximum atomic E-state index is 9.60. The van der Waals surface area contributed by atoms with E-state index in [0.29, 0.717) is 13.2 Å². The average molecular weight is 239 g/mol. The minimum absolute atomic E-state index is 0.00462. The summed E-state index contributed by atoms with van der Waals surface area (Å²) in [5.74, 6) is 6.47. The second-order valence-electron chi connectivity index (χ2n) is 4.87. The van der Waals surface area contributed by atoms with Crippen LogP contribution in [0.3, 0.4) is 0 Å². The third-order valence-electron chi connectivity index (χ3n) is 3.09. The Morgan fingerprint density at radius 3 is 2.89 bits per heavy atom. The summed E-state index contributed by atoms with van der Waals surface area (Å²) in [6.45, 7) is 3.51. The Balaban J connectivity index is 1.99. The molecule has 0 aliphatic carbocycles. The molecule has 18 heavy (non-hydrogen) atoms. The summed E-state index contributed by atoms with van der Waals surface area (Å²) in [5.41, 5.74) is 0.941. The topological polar surface area (TPSA) is 42.4 Å². The van der Waals surface area contributed by atoms with Gasteiger partial charge in [-0.2, -0.15) is 0 Å². The summed E-state index contributed by atoms with van der Waals surface area (Å²) in [4.78, 5) is 3.85. The maximum Gasteiger partial charge on any atom is 0.218 e. The van der Waals surface area contributed by atoms with Crippen molar-refractivity contribution in [2.45, 2.75) is 6.92 Å². The molecule has 0 unspecified atom stereocenters. The Morgan fingerprint density at radius 2 is 2.17 bits per heavy atom. The van der Waals surface area contributed by atoms with E-state index < -0.39 is 0 Å². The molecule has 0 radical (unpaired) electrons. The fraction of sp³-hybridized carbons (Fsp3) is 0.267. The van der Waals surface area contributed by atoms with Gasteiger partial charge in [-0.3, -0.25) is 0 Å². The predicted octanol–water partition coefficient (Wildman–Crippen LogP) is 2.33. The van der Waals surface area contributed by atoms with Gasteiger partial charge >= 0.3 is 0 Å². The number of rotatable bonds is 0. The van der Waals surface area contributed by atoms with Gasteiger partial charge in [0.2, 0.25) is 5.88 Å². The summed E-state index contributed by atoms with van der Waals surface area (Å²) < 4.78 is 5.17. The van der Waals surface area contributed by atoms with E-state index in [1.807, 2.05) is 24.3 Å². The van der Waals surface area contributed by atoms with Crippen LogP contribution in [0.4, 0.5) is 0 Å². The molecule has 3 nitrogen and oxygen atoms in total. The first-order chi connectivity index (χ1) is 8.66. The number of nitrogens with zero attached hydrogens (tertiary/aromatic N) is 1. The number of aromatic hydroxyl groups is 1. The number of fused-ring (bicyclic) bond motifs is 1. The molecular formula is C15H13NO2. The molecule has 3 heteroatoms. The molecule has 1 fully saturated rings. The first-order valence-electron chi connectivity index (χ1n) is 5.85. The molecule has 0 atom stereocenters. The molecule has 0 bridgehead atoms. The molecule has 1 aromatic carbocycles. The van der Waals surface area contributed by atoms with E-state index in [1.54, 1.807) is 6.20 Å². The standard InChI is InChI=1S/C15H13NO2/c1-15(9-18-10-15)6-4-11-2-3-13-12(8-11)5-7-16-14(13)17/h2-3,5,7-8H,9-10H2,1H3,(H,16,17). The smallest absolute Gasteiger partial charge is 0.218 e. The fourth-order valence-corrected chi connectivity index (χ4v) is 1.94. The summed E-state index contributed by atoms with van der Waals surface area (Å²) in [7, 11) is 0. The molecule has 1 N–H and O–H groups in total. The Hall–Kier alpha value is -2.05. The lowest BCUT2D eigenvalue weighted by atomic mass is 9.89. The van der Waals surface area contributed by atoms with Gasteiger partial charge in [-0.1, -0.05) is 11.8 Å². The van der Waals surface area contributed by atoms with Gasteiger partial charge in [0.1, 0.15) is 0 Å². The molecule has 0 spiro atoms. The molecule has 2 heterocycles. The van der Waals surface area contributed by atoms with Crippen LogP contribution >= 0.6 is 0 Å². The molecule has 3 rings (SSSR count). The molecule has 1 aliphatic heterocycles. The van der Waals surface area contributed by atoms with Gasteiger partial charge in [-0.25, -0.2) is 4.98 Å². The minimum atomic E-state index is -0.00462. The van der Waals surface area contributed by atoms with E-state index in [2.05, 4.69) is 23.7 Å². The van der Waals surface area contributed by atoms with E-state index in [9.17, 15) is 5.11 Å². The quantitative estimate of drug-likeness (QED) is 0.717. The van der Waals surface area contributed by atoms with Crippen LogP contribution in [0.1, 0.15) is 12.5 Å². The molecule has 1 aliphatic rings. The monoisotopic (exact) mass is 239 g/mol. The number of pyridine rings is 1. The van der Waals surface area contributed by atoms with Gasteiger partial charge in [-0.05, 0) is 36.6 Å². The van der Waals surface area contributed by atoms with Crippen molar-refractivity contribution in [2.24, 2.45) is 5.41 Å². The van der Waals surface area contributed by atoms with Gasteiger partial charge in [-0.15, -0.1) is 0 Å². The zero-order valence-electron chi connectivity index (χ0n) is 10.1. The molecule has 1 aromatic heterocycles. The number of ether oxygens (including phenoxy) is 1. The lowest BCUT2D eigenvalue weighted by Crippen LogP contribution is -2.38. The van der Waals surface area contributed by atoms with Crippen molar-refractivity contribution >= 4 is 10.8 Å². The minimum Gasteiger partial charge on any atom is -0.493 e. The summed E-state index contributed by atoms with van der Waals surface area (Å²) in [6, 6.07) is 7.59. The fourth-order valence-electron chi connectivity index (χ4n) is 1.94. The van der Waals surface area contributed by atoms with Crippen LogP contribution in [0.5, 0.6) is 5.88 Å². The second kappa shape index (κ2) is 4.01. The van der Waals surface area contributed by atoms with Crippen molar-refractivity contribution in [3.63, 3.8) is 0 Å². The van der Waals surface area contributed by atoms with E-state index in [4.69, 9.17) is 4.74 Å². The van der Waals surface area contributed by atoms with Gasteiger partial charge < -0.3 is 9.84 Å². The lowest BCUT2D eigenvalue weighted by Gasteiger charge is -2.32. The van der Waals surface area contributed by atoms with E-state index in [-0.39, 0.29) is 11.3 Å². The summed E-state index contributed by atoms with van der Waals surface area (Å²) in [6.07, 6.45) is 1.59. The highest BCUT2D eigenvalue weighted by atomic mass is 16.5. The van der Waals surface area contributed by atoms with E-state index in [0.717, 1.165) is 16.3 Å². The van der Waals surface area contributed by atoms with Gasteiger partial charge in [0.05, 0.1) is 18.6 Å². The van der Waals surface area contributed by atoms with Crippen LogP contribution in [0.25, 0.3) is 10.8 Å². The number of aromatic nitrogens is 1. The first-order valence-corrected chi connectivity index (χ1v) is 5.85. The van der Waals surface area contributed by atoms with Gasteiger partial charge in [0.15, 0.2) is 0 Å². The first kappa shape index (κ1) is 11.1. The largest absolute Gasteiger partial charge is 0.493 e. The highest BCUT2D eigenvalue weighted by Crippen LogP contribution is 2.26. The predicted molar refractivity (Wildman–Crippen MR) is 69.2 cm³/mol. The lowest BCUT2D eigenvalue weighted by molar-refractivity contribution is -0.0648. The zero-order chi connectivity index (χ0) is 12.6. The van der Waals surface area contributed by atoms with Crippen LogP contribution in [0, 0.1) is 17.3 Å². The van der Waals surface area contributed by atoms with Crippen molar-refractivity contribution in [1.82, 2.24) is 4.98 Å². The molecule has 0 saturated carbocycles. The van der Waals surface area contributed by atoms with Crippen molar-refractivity contribution in [3.8, 4) is 17.7 Å². The van der Waals surface area contributed by atoms with Crippen LogP contribution < -0.4 is 0 Å². The van der Waals surface area contributed by atoms with Crippen LogP contribution in [-0.2, 0) is 4.74 Å². The van der Waals surface area contributed by atoms with Crippen molar-refractivity contribution in [1.29, 1.82) is 0 Å². The van der Waals surface area contributed by atoms with E-state index >= 15 is 0 Å². The average Bonchev–Trinajstić information content (AvgIpc) is 2.34. The number of benzene rings is 1. The number of hydrogen-bond acceptors (Lipinski definition) is 3. The highest BCUT2D eigenvalue weighted by Gasteiger charge is 2.30. The van der Waals surface area contributed by atoms with Gasteiger partial charge in [0, 0.05) is 17.1 Å². The second-order valence-corrected chi connectivity index (χ2v) is 4.87. The van der Waals surface area contributed by atoms with Crippen molar-refractivity contribution in [2.75, 3.05) is 13.2 Å². The van der Waals surface area contributed by atoms with Crippen LogP contribution in [0.2, 0.25) is 0 Å². The maximum absolute atomic E-state index is 9.60. The third kappa shape index (κ3) is 1.92.